The molecule has 2 aromatic carbocycles. The van der Waals surface area contributed by atoms with Gasteiger partial charge in [0.1, 0.15) is 6.04 Å². The number of amides is 2. The van der Waals surface area contributed by atoms with Crippen LogP contribution < -0.4 is 15.1 Å². The van der Waals surface area contributed by atoms with Crippen molar-refractivity contribution in [2.75, 3.05) is 41.4 Å². The Morgan fingerprint density at radius 1 is 1.00 bits per heavy atom. The molecule has 2 heterocycles. The van der Waals surface area contributed by atoms with E-state index < -0.39 is 6.04 Å². The van der Waals surface area contributed by atoms with Gasteiger partial charge in [0.15, 0.2) is 0 Å². The predicted octanol–water partition coefficient (Wildman–Crippen LogP) is 2.88. The number of hydrogen-bond donors (Lipinski definition) is 1. The molecular formula is C22H25N3O3. The van der Waals surface area contributed by atoms with Gasteiger partial charge in [-0.15, -0.1) is 0 Å². The van der Waals surface area contributed by atoms with Crippen LogP contribution in [0.4, 0.5) is 17.1 Å². The Balaban J connectivity index is 1.47. The summed E-state index contributed by atoms with van der Waals surface area (Å²) in [7, 11) is 0. The fourth-order valence-corrected chi connectivity index (χ4v) is 3.75. The van der Waals surface area contributed by atoms with Gasteiger partial charge in [0.2, 0.25) is 5.91 Å². The highest BCUT2D eigenvalue weighted by Gasteiger charge is 2.40. The second-order valence-corrected chi connectivity index (χ2v) is 7.40. The first-order valence-electron chi connectivity index (χ1n) is 9.66. The molecule has 1 atom stereocenters. The van der Waals surface area contributed by atoms with Crippen molar-refractivity contribution in [3.8, 4) is 0 Å². The topological polar surface area (TPSA) is 61.9 Å². The van der Waals surface area contributed by atoms with Gasteiger partial charge >= 0.3 is 0 Å². The molecule has 146 valence electrons. The Bertz CT molecular complexity index is 888. The lowest BCUT2D eigenvalue weighted by Gasteiger charge is -2.29. The van der Waals surface area contributed by atoms with E-state index in [1.807, 2.05) is 56.3 Å². The van der Waals surface area contributed by atoms with Crippen LogP contribution in [0.25, 0.3) is 0 Å². The molecule has 0 bridgehead atoms. The molecule has 0 aromatic heterocycles. The van der Waals surface area contributed by atoms with E-state index in [9.17, 15) is 9.59 Å². The molecule has 0 unspecified atom stereocenters. The minimum absolute atomic E-state index is 0.164. The summed E-state index contributed by atoms with van der Waals surface area (Å²) < 4.78 is 5.39. The minimum atomic E-state index is -0.540. The molecule has 6 nitrogen and oxygen atoms in total. The molecule has 2 aromatic rings. The van der Waals surface area contributed by atoms with E-state index in [2.05, 4.69) is 10.2 Å². The van der Waals surface area contributed by atoms with E-state index in [-0.39, 0.29) is 18.2 Å². The van der Waals surface area contributed by atoms with Crippen LogP contribution in [0.2, 0.25) is 0 Å². The van der Waals surface area contributed by atoms with Gasteiger partial charge in [0.05, 0.1) is 25.3 Å². The van der Waals surface area contributed by atoms with Crippen LogP contribution in [0.1, 0.15) is 17.5 Å². The molecule has 6 heteroatoms. The number of carbonyl (C=O) groups excluding carboxylic acids is 2. The van der Waals surface area contributed by atoms with Crippen molar-refractivity contribution >= 4 is 28.9 Å². The maximum absolute atomic E-state index is 12.9. The lowest BCUT2D eigenvalue weighted by molar-refractivity contribution is -0.121. The van der Waals surface area contributed by atoms with Gasteiger partial charge < -0.3 is 15.0 Å². The summed E-state index contributed by atoms with van der Waals surface area (Å²) in [6.07, 6.45) is 0.164. The van der Waals surface area contributed by atoms with Crippen molar-refractivity contribution in [2.24, 2.45) is 0 Å². The SMILES string of the molecule is Cc1ccc(C)c(N2C(=O)C[C@@H](Nc3ccc(N4CCOCC4)cc3)C2=O)c1. The number of aryl methyl sites for hydroxylation is 2. The third-order valence-electron chi connectivity index (χ3n) is 5.34. The van der Waals surface area contributed by atoms with E-state index in [4.69, 9.17) is 4.74 Å². The molecule has 1 N–H and O–H groups in total. The Morgan fingerprint density at radius 3 is 2.43 bits per heavy atom. The summed E-state index contributed by atoms with van der Waals surface area (Å²) in [5, 5.41) is 3.23. The highest BCUT2D eigenvalue weighted by Crippen LogP contribution is 2.29. The van der Waals surface area contributed by atoms with Gasteiger partial charge in [-0.05, 0) is 55.3 Å². The number of morpholine rings is 1. The van der Waals surface area contributed by atoms with Crippen molar-refractivity contribution in [1.29, 1.82) is 0 Å². The lowest BCUT2D eigenvalue weighted by atomic mass is 10.1. The van der Waals surface area contributed by atoms with E-state index in [1.54, 1.807) is 0 Å². The third-order valence-corrected chi connectivity index (χ3v) is 5.34. The molecule has 2 fully saturated rings. The van der Waals surface area contributed by atoms with Crippen LogP contribution >= 0.6 is 0 Å². The zero-order valence-corrected chi connectivity index (χ0v) is 16.3. The summed E-state index contributed by atoms with van der Waals surface area (Å²) in [6.45, 7) is 7.13. The average molecular weight is 379 g/mol. The van der Waals surface area contributed by atoms with Crippen LogP contribution in [-0.4, -0.2) is 44.2 Å². The highest BCUT2D eigenvalue weighted by atomic mass is 16.5. The normalized spacial score (nSPS) is 20.0. The summed E-state index contributed by atoms with van der Waals surface area (Å²) >= 11 is 0. The first-order chi connectivity index (χ1) is 13.5. The summed E-state index contributed by atoms with van der Waals surface area (Å²) in [5.74, 6) is -0.364. The fraction of sp³-hybridized carbons (Fsp3) is 0.364. The van der Waals surface area contributed by atoms with E-state index in [0.29, 0.717) is 5.69 Å². The quantitative estimate of drug-likeness (QED) is 0.828. The van der Waals surface area contributed by atoms with Crippen molar-refractivity contribution in [3.63, 3.8) is 0 Å². The fourth-order valence-electron chi connectivity index (χ4n) is 3.75. The average Bonchev–Trinajstić information content (AvgIpc) is 2.98. The largest absolute Gasteiger partial charge is 0.378 e. The lowest BCUT2D eigenvalue weighted by Crippen LogP contribution is -2.36. The van der Waals surface area contributed by atoms with Gasteiger partial charge in [0.25, 0.3) is 5.91 Å². The monoisotopic (exact) mass is 379 g/mol. The Morgan fingerprint density at radius 2 is 1.71 bits per heavy atom. The zero-order chi connectivity index (χ0) is 19.7. The van der Waals surface area contributed by atoms with Gasteiger partial charge in [-0.3, -0.25) is 9.59 Å². The number of benzene rings is 2. The number of imide groups is 1. The molecule has 28 heavy (non-hydrogen) atoms. The molecule has 2 amide bonds. The van der Waals surface area contributed by atoms with Gasteiger partial charge in [0, 0.05) is 24.5 Å². The maximum Gasteiger partial charge on any atom is 0.256 e. The highest BCUT2D eigenvalue weighted by molar-refractivity contribution is 6.23. The number of nitrogens with zero attached hydrogens (tertiary/aromatic N) is 2. The molecule has 0 saturated carbocycles. The first-order valence-corrected chi connectivity index (χ1v) is 9.66. The third kappa shape index (κ3) is 3.60. The van der Waals surface area contributed by atoms with Crippen molar-refractivity contribution in [1.82, 2.24) is 0 Å². The second kappa shape index (κ2) is 7.64. The van der Waals surface area contributed by atoms with Gasteiger partial charge in [-0.1, -0.05) is 12.1 Å². The first kappa shape index (κ1) is 18.5. The van der Waals surface area contributed by atoms with Gasteiger partial charge in [-0.25, -0.2) is 4.90 Å². The zero-order valence-electron chi connectivity index (χ0n) is 16.3. The second-order valence-electron chi connectivity index (χ2n) is 7.40. The number of rotatable bonds is 4. The summed E-state index contributed by atoms with van der Waals surface area (Å²) in [4.78, 5) is 29.1. The predicted molar refractivity (Wildman–Crippen MR) is 110 cm³/mol. The molecule has 2 aliphatic heterocycles. The number of hydrogen-bond acceptors (Lipinski definition) is 5. The number of anilines is 3. The van der Waals surface area contributed by atoms with E-state index >= 15 is 0 Å². The summed E-state index contributed by atoms with van der Waals surface area (Å²) in [5.41, 5.74) is 4.60. The van der Waals surface area contributed by atoms with Crippen molar-refractivity contribution < 1.29 is 14.3 Å². The number of nitrogens with one attached hydrogen (secondary N) is 1. The standard InChI is InChI=1S/C22H25N3O3/c1-15-3-4-16(2)20(13-15)25-21(26)14-19(22(25)27)23-17-5-7-18(8-6-17)24-9-11-28-12-10-24/h3-8,13,19,23H,9-12,14H2,1-2H3/t19-/m1/s1. The van der Waals surface area contributed by atoms with Crippen LogP contribution in [-0.2, 0) is 14.3 Å². The molecule has 2 saturated heterocycles. The maximum atomic E-state index is 12.9. The summed E-state index contributed by atoms with van der Waals surface area (Å²) in [6, 6.07) is 13.3. The van der Waals surface area contributed by atoms with Crippen LogP contribution in [0.3, 0.4) is 0 Å². The molecule has 0 radical (unpaired) electrons. The molecular weight excluding hydrogens is 354 g/mol. The number of ether oxygens (including phenoxy) is 1. The molecule has 0 spiro atoms. The van der Waals surface area contributed by atoms with E-state index in [1.165, 1.54) is 4.90 Å². The molecule has 2 aliphatic rings. The van der Waals surface area contributed by atoms with E-state index in [0.717, 1.165) is 48.8 Å². The Labute approximate surface area is 165 Å². The van der Waals surface area contributed by atoms with Crippen molar-refractivity contribution in [2.45, 2.75) is 26.3 Å². The Kier molecular flexibility index (Phi) is 5.05. The molecule has 4 rings (SSSR count). The van der Waals surface area contributed by atoms with Crippen LogP contribution in [0, 0.1) is 13.8 Å². The Hall–Kier alpha value is -2.86. The smallest absolute Gasteiger partial charge is 0.256 e. The molecule has 0 aliphatic carbocycles. The van der Waals surface area contributed by atoms with Gasteiger partial charge in [-0.2, -0.15) is 0 Å². The van der Waals surface area contributed by atoms with Crippen molar-refractivity contribution in [3.05, 3.63) is 53.6 Å². The minimum Gasteiger partial charge on any atom is -0.378 e. The van der Waals surface area contributed by atoms with Crippen LogP contribution in [0.5, 0.6) is 0 Å². The number of carbonyl (C=O) groups is 2. The van der Waals surface area contributed by atoms with Crippen LogP contribution in [0.15, 0.2) is 42.5 Å².